The number of ether oxygens (including phenoxy) is 2. The molecule has 1 heterocycles. The Balaban J connectivity index is 1.76. The number of hydrogen-bond acceptors (Lipinski definition) is 4. The van der Waals surface area contributed by atoms with Gasteiger partial charge in [-0.3, -0.25) is 0 Å². The number of benzene rings is 1. The molecule has 4 nitrogen and oxygen atoms in total. The number of carbonyl (C=O) groups is 1. The quantitative estimate of drug-likeness (QED) is 0.633. The van der Waals surface area contributed by atoms with Crippen LogP contribution in [0.25, 0.3) is 0 Å². The average molecular weight is 263 g/mol. The molecular formula is C15H21NO3. The van der Waals surface area contributed by atoms with Crippen LogP contribution in [0.15, 0.2) is 24.3 Å². The lowest BCUT2D eigenvalue weighted by Gasteiger charge is -2.25. The van der Waals surface area contributed by atoms with Crippen molar-refractivity contribution in [2.75, 3.05) is 18.5 Å². The SMILES string of the molecule is CCCCCCOC(=O)C1CNc2ccccc2O1. The minimum atomic E-state index is -0.541. The summed E-state index contributed by atoms with van der Waals surface area (Å²) in [5, 5.41) is 3.18. The Morgan fingerprint density at radius 2 is 2.21 bits per heavy atom. The number of hydrogen-bond donors (Lipinski definition) is 1. The largest absolute Gasteiger partial charge is 0.475 e. The van der Waals surface area contributed by atoms with E-state index in [0.29, 0.717) is 18.9 Å². The number of nitrogens with one attached hydrogen (secondary N) is 1. The van der Waals surface area contributed by atoms with E-state index in [2.05, 4.69) is 12.2 Å². The third-order valence-electron chi connectivity index (χ3n) is 3.14. The van der Waals surface area contributed by atoms with Gasteiger partial charge < -0.3 is 14.8 Å². The molecule has 0 bridgehead atoms. The van der Waals surface area contributed by atoms with Crippen LogP contribution in [0.3, 0.4) is 0 Å². The summed E-state index contributed by atoms with van der Waals surface area (Å²) in [7, 11) is 0. The van der Waals surface area contributed by atoms with Crippen molar-refractivity contribution in [3.05, 3.63) is 24.3 Å². The van der Waals surface area contributed by atoms with Crippen LogP contribution in [-0.2, 0) is 9.53 Å². The smallest absolute Gasteiger partial charge is 0.349 e. The van der Waals surface area contributed by atoms with Crippen molar-refractivity contribution < 1.29 is 14.3 Å². The van der Waals surface area contributed by atoms with Gasteiger partial charge in [-0.1, -0.05) is 38.3 Å². The first-order chi connectivity index (χ1) is 9.31. The standard InChI is InChI=1S/C15H21NO3/c1-2-3-4-7-10-18-15(17)14-11-16-12-8-5-6-9-13(12)19-14/h5-6,8-9,14,16H,2-4,7,10-11H2,1H3. The first-order valence-electron chi connectivity index (χ1n) is 6.97. The van der Waals surface area contributed by atoms with E-state index in [0.717, 1.165) is 18.5 Å². The van der Waals surface area contributed by atoms with Gasteiger partial charge in [0.2, 0.25) is 6.10 Å². The molecule has 104 valence electrons. The van der Waals surface area contributed by atoms with E-state index in [1.807, 2.05) is 24.3 Å². The van der Waals surface area contributed by atoms with Crippen LogP contribution < -0.4 is 10.1 Å². The highest BCUT2D eigenvalue weighted by Crippen LogP contribution is 2.28. The van der Waals surface area contributed by atoms with E-state index >= 15 is 0 Å². The Labute approximate surface area is 114 Å². The molecule has 4 heteroatoms. The summed E-state index contributed by atoms with van der Waals surface area (Å²) in [5.41, 5.74) is 0.925. The maximum absolute atomic E-state index is 11.9. The van der Waals surface area contributed by atoms with Gasteiger partial charge in [-0.05, 0) is 18.6 Å². The zero-order chi connectivity index (χ0) is 13.5. The Morgan fingerprint density at radius 1 is 1.37 bits per heavy atom. The summed E-state index contributed by atoms with van der Waals surface area (Å²) in [5.74, 6) is 0.431. The Bertz CT molecular complexity index is 420. The first-order valence-corrected chi connectivity index (χ1v) is 6.97. The van der Waals surface area contributed by atoms with Gasteiger partial charge in [-0.25, -0.2) is 4.79 Å². The molecule has 0 spiro atoms. The van der Waals surface area contributed by atoms with Gasteiger partial charge in [0.15, 0.2) is 0 Å². The van der Waals surface area contributed by atoms with Gasteiger partial charge in [-0.2, -0.15) is 0 Å². The highest BCUT2D eigenvalue weighted by molar-refractivity contribution is 5.77. The molecule has 0 saturated carbocycles. The zero-order valence-corrected chi connectivity index (χ0v) is 11.4. The van der Waals surface area contributed by atoms with Gasteiger partial charge in [0.05, 0.1) is 18.8 Å². The van der Waals surface area contributed by atoms with E-state index in [9.17, 15) is 4.79 Å². The van der Waals surface area contributed by atoms with E-state index in [-0.39, 0.29) is 5.97 Å². The molecular weight excluding hydrogens is 242 g/mol. The van der Waals surface area contributed by atoms with Crippen LogP contribution in [0.1, 0.15) is 32.6 Å². The fraction of sp³-hybridized carbons (Fsp3) is 0.533. The first kappa shape index (κ1) is 13.7. The molecule has 1 atom stereocenters. The molecule has 1 unspecified atom stereocenters. The monoisotopic (exact) mass is 263 g/mol. The molecule has 1 aromatic carbocycles. The van der Waals surface area contributed by atoms with Gasteiger partial charge in [-0.15, -0.1) is 0 Å². The summed E-state index contributed by atoms with van der Waals surface area (Å²) in [6.07, 6.45) is 3.86. The summed E-state index contributed by atoms with van der Waals surface area (Å²) >= 11 is 0. The summed E-state index contributed by atoms with van der Waals surface area (Å²) in [6, 6.07) is 7.60. The molecule has 0 fully saturated rings. The molecule has 1 aromatic rings. The second-order valence-electron chi connectivity index (χ2n) is 4.71. The molecule has 0 radical (unpaired) electrons. The topological polar surface area (TPSA) is 47.6 Å². The molecule has 0 aromatic heterocycles. The molecule has 1 aliphatic heterocycles. The lowest BCUT2D eigenvalue weighted by atomic mass is 10.2. The van der Waals surface area contributed by atoms with E-state index < -0.39 is 6.10 Å². The van der Waals surface area contributed by atoms with Crippen molar-refractivity contribution in [1.29, 1.82) is 0 Å². The molecule has 1 N–H and O–H groups in total. The number of anilines is 1. The second kappa shape index (κ2) is 7.02. The van der Waals surface area contributed by atoms with Crippen molar-refractivity contribution in [3.63, 3.8) is 0 Å². The average Bonchev–Trinajstić information content (AvgIpc) is 2.46. The normalized spacial score (nSPS) is 17.0. The van der Waals surface area contributed by atoms with Crippen LogP contribution in [0.2, 0.25) is 0 Å². The van der Waals surface area contributed by atoms with Crippen LogP contribution >= 0.6 is 0 Å². The number of carbonyl (C=O) groups excluding carboxylic acids is 1. The van der Waals surface area contributed by atoms with E-state index in [1.165, 1.54) is 12.8 Å². The molecule has 0 saturated heterocycles. The van der Waals surface area contributed by atoms with Gasteiger partial charge >= 0.3 is 5.97 Å². The van der Waals surface area contributed by atoms with Crippen LogP contribution in [-0.4, -0.2) is 25.2 Å². The third-order valence-corrected chi connectivity index (χ3v) is 3.14. The van der Waals surface area contributed by atoms with Gasteiger partial charge in [0.25, 0.3) is 0 Å². The van der Waals surface area contributed by atoms with E-state index in [4.69, 9.17) is 9.47 Å². The number of para-hydroxylation sites is 2. The Kier molecular flexibility index (Phi) is 5.07. The number of esters is 1. The molecule has 0 aliphatic carbocycles. The van der Waals surface area contributed by atoms with Crippen LogP contribution in [0, 0.1) is 0 Å². The highest BCUT2D eigenvalue weighted by atomic mass is 16.6. The van der Waals surface area contributed by atoms with Crippen molar-refractivity contribution in [3.8, 4) is 5.75 Å². The van der Waals surface area contributed by atoms with Gasteiger partial charge in [0, 0.05) is 0 Å². The van der Waals surface area contributed by atoms with Crippen LogP contribution in [0.4, 0.5) is 5.69 Å². The predicted molar refractivity (Wildman–Crippen MR) is 74.4 cm³/mol. The second-order valence-corrected chi connectivity index (χ2v) is 4.71. The number of rotatable bonds is 6. The summed E-state index contributed by atoms with van der Waals surface area (Å²) < 4.78 is 10.9. The maximum Gasteiger partial charge on any atom is 0.349 e. The third kappa shape index (κ3) is 3.88. The number of fused-ring (bicyclic) bond motifs is 1. The Hall–Kier alpha value is -1.71. The minimum Gasteiger partial charge on any atom is -0.475 e. The molecule has 1 aliphatic rings. The zero-order valence-electron chi connectivity index (χ0n) is 11.4. The lowest BCUT2D eigenvalue weighted by molar-refractivity contribution is -0.151. The molecule has 0 amide bonds. The van der Waals surface area contributed by atoms with Crippen molar-refractivity contribution in [2.24, 2.45) is 0 Å². The minimum absolute atomic E-state index is 0.279. The highest BCUT2D eigenvalue weighted by Gasteiger charge is 2.26. The Morgan fingerprint density at radius 3 is 3.05 bits per heavy atom. The molecule has 19 heavy (non-hydrogen) atoms. The van der Waals surface area contributed by atoms with Crippen molar-refractivity contribution in [2.45, 2.75) is 38.7 Å². The molecule has 2 rings (SSSR count). The van der Waals surface area contributed by atoms with Crippen molar-refractivity contribution >= 4 is 11.7 Å². The van der Waals surface area contributed by atoms with Crippen molar-refractivity contribution in [1.82, 2.24) is 0 Å². The summed E-state index contributed by atoms with van der Waals surface area (Å²) in [6.45, 7) is 3.11. The fourth-order valence-corrected chi connectivity index (χ4v) is 2.04. The van der Waals surface area contributed by atoms with E-state index in [1.54, 1.807) is 0 Å². The lowest BCUT2D eigenvalue weighted by Crippen LogP contribution is -2.39. The van der Waals surface area contributed by atoms with Crippen LogP contribution in [0.5, 0.6) is 5.75 Å². The van der Waals surface area contributed by atoms with Gasteiger partial charge in [0.1, 0.15) is 5.75 Å². The maximum atomic E-state index is 11.9. The predicted octanol–water partition coefficient (Wildman–Crippen LogP) is 2.98. The number of unbranched alkanes of at least 4 members (excludes halogenated alkanes) is 3. The fourth-order valence-electron chi connectivity index (χ4n) is 2.04. The summed E-state index contributed by atoms with van der Waals surface area (Å²) in [4.78, 5) is 11.9.